The SMILES string of the molecule is CCCCCCCCCSCCOCCOCCSCCCCCCCCC. The van der Waals surface area contributed by atoms with Gasteiger partial charge in [-0.3, -0.25) is 0 Å². The molecule has 0 saturated heterocycles. The van der Waals surface area contributed by atoms with Gasteiger partial charge in [-0.15, -0.1) is 0 Å². The van der Waals surface area contributed by atoms with Gasteiger partial charge < -0.3 is 9.47 Å². The van der Waals surface area contributed by atoms with Crippen LogP contribution in [0.15, 0.2) is 0 Å². The first-order valence-electron chi connectivity index (χ1n) is 12.2. The van der Waals surface area contributed by atoms with E-state index in [1.807, 2.05) is 23.5 Å². The number of ether oxygens (including phenoxy) is 2. The highest BCUT2D eigenvalue weighted by molar-refractivity contribution is 7.99. The second-order valence-electron chi connectivity index (χ2n) is 7.69. The van der Waals surface area contributed by atoms with E-state index in [0.717, 1.165) is 37.9 Å². The fourth-order valence-electron chi connectivity index (χ4n) is 3.08. The van der Waals surface area contributed by atoms with Gasteiger partial charge in [0, 0.05) is 11.5 Å². The molecule has 0 bridgehead atoms. The Morgan fingerprint density at radius 3 is 1.14 bits per heavy atom. The Morgan fingerprint density at radius 1 is 0.393 bits per heavy atom. The predicted molar refractivity (Wildman–Crippen MR) is 132 cm³/mol. The molecule has 0 aliphatic rings. The maximum atomic E-state index is 5.65. The van der Waals surface area contributed by atoms with Crippen LogP contribution in [0.4, 0.5) is 0 Å². The van der Waals surface area contributed by atoms with Gasteiger partial charge in [0.2, 0.25) is 0 Å². The van der Waals surface area contributed by atoms with Crippen LogP contribution in [-0.4, -0.2) is 49.4 Å². The molecule has 0 amide bonds. The summed E-state index contributed by atoms with van der Waals surface area (Å²) >= 11 is 4.08. The molecular weight excluding hydrogens is 384 g/mol. The Hall–Kier alpha value is 0.620. The molecule has 0 radical (unpaired) electrons. The van der Waals surface area contributed by atoms with Crippen LogP contribution in [-0.2, 0) is 9.47 Å². The van der Waals surface area contributed by atoms with E-state index in [1.165, 1.54) is 101 Å². The van der Waals surface area contributed by atoms with Crippen molar-refractivity contribution in [3.63, 3.8) is 0 Å². The van der Waals surface area contributed by atoms with Crippen LogP contribution in [0.5, 0.6) is 0 Å². The molecule has 0 fully saturated rings. The van der Waals surface area contributed by atoms with Crippen LogP contribution in [0.1, 0.15) is 104 Å². The molecule has 0 unspecified atom stereocenters. The van der Waals surface area contributed by atoms with Gasteiger partial charge in [-0.25, -0.2) is 0 Å². The zero-order chi connectivity index (χ0) is 20.4. The predicted octanol–water partition coefficient (Wildman–Crippen LogP) is 7.99. The number of rotatable bonds is 25. The summed E-state index contributed by atoms with van der Waals surface area (Å²) in [6.45, 7) is 7.81. The van der Waals surface area contributed by atoms with Gasteiger partial charge in [0.25, 0.3) is 0 Å². The zero-order valence-electron chi connectivity index (χ0n) is 19.2. The van der Waals surface area contributed by atoms with Crippen molar-refractivity contribution in [3.8, 4) is 0 Å². The smallest absolute Gasteiger partial charge is 0.0700 e. The third-order valence-electron chi connectivity index (χ3n) is 4.90. The summed E-state index contributed by atoms with van der Waals surface area (Å²) in [6, 6.07) is 0. The Labute approximate surface area is 186 Å². The molecule has 0 rings (SSSR count). The second-order valence-corrected chi connectivity index (χ2v) is 10.1. The van der Waals surface area contributed by atoms with E-state index in [2.05, 4.69) is 13.8 Å². The van der Waals surface area contributed by atoms with Crippen LogP contribution >= 0.6 is 23.5 Å². The highest BCUT2D eigenvalue weighted by atomic mass is 32.2. The Balaban J connectivity index is 2.96. The van der Waals surface area contributed by atoms with Crippen molar-refractivity contribution >= 4 is 23.5 Å². The molecule has 0 aromatic rings. The molecule has 170 valence electrons. The molecule has 0 atom stereocenters. The van der Waals surface area contributed by atoms with Crippen LogP contribution in [0, 0.1) is 0 Å². The first-order chi connectivity index (χ1) is 13.9. The summed E-state index contributed by atoms with van der Waals surface area (Å²) in [5.74, 6) is 4.85. The van der Waals surface area contributed by atoms with Gasteiger partial charge in [-0.2, -0.15) is 23.5 Å². The number of thioether (sulfide) groups is 2. The fraction of sp³-hybridized carbons (Fsp3) is 1.00. The van der Waals surface area contributed by atoms with E-state index >= 15 is 0 Å². The molecule has 0 N–H and O–H groups in total. The van der Waals surface area contributed by atoms with Crippen molar-refractivity contribution in [1.29, 1.82) is 0 Å². The monoisotopic (exact) mass is 434 g/mol. The summed E-state index contributed by atoms with van der Waals surface area (Å²) in [4.78, 5) is 0. The molecule has 0 spiro atoms. The highest BCUT2D eigenvalue weighted by Crippen LogP contribution is 2.11. The molecule has 0 aliphatic heterocycles. The maximum Gasteiger partial charge on any atom is 0.0700 e. The lowest BCUT2D eigenvalue weighted by Gasteiger charge is -2.06. The maximum absolute atomic E-state index is 5.65. The summed E-state index contributed by atoms with van der Waals surface area (Å²) in [6.07, 6.45) is 19.6. The molecule has 4 heteroatoms. The van der Waals surface area contributed by atoms with Crippen molar-refractivity contribution < 1.29 is 9.47 Å². The van der Waals surface area contributed by atoms with E-state index in [9.17, 15) is 0 Å². The Morgan fingerprint density at radius 2 is 0.750 bits per heavy atom. The Kier molecular flexibility index (Phi) is 28.2. The van der Waals surface area contributed by atoms with Gasteiger partial charge in [0.15, 0.2) is 0 Å². The minimum Gasteiger partial charge on any atom is -0.378 e. The summed E-state index contributed by atoms with van der Waals surface area (Å²) in [7, 11) is 0. The van der Waals surface area contributed by atoms with Gasteiger partial charge in [0.1, 0.15) is 0 Å². The van der Waals surface area contributed by atoms with Gasteiger partial charge in [0.05, 0.1) is 26.4 Å². The quantitative estimate of drug-likeness (QED) is 0.135. The standard InChI is InChI=1S/C24H50O2S2/c1-3-5-7-9-11-13-15-21-27-23-19-25-17-18-26-20-24-28-22-16-14-12-10-8-6-4-2/h3-24H2,1-2H3. The fourth-order valence-corrected chi connectivity index (χ4v) is 4.78. The topological polar surface area (TPSA) is 18.5 Å². The van der Waals surface area contributed by atoms with Crippen molar-refractivity contribution in [2.75, 3.05) is 49.4 Å². The molecule has 28 heavy (non-hydrogen) atoms. The van der Waals surface area contributed by atoms with Crippen molar-refractivity contribution in [3.05, 3.63) is 0 Å². The molecule has 0 heterocycles. The molecule has 0 aliphatic carbocycles. The lowest BCUT2D eigenvalue weighted by atomic mass is 10.1. The van der Waals surface area contributed by atoms with Crippen LogP contribution in [0.25, 0.3) is 0 Å². The van der Waals surface area contributed by atoms with Gasteiger partial charge in [-0.1, -0.05) is 90.9 Å². The minimum absolute atomic E-state index is 0.750. The third kappa shape index (κ3) is 26.6. The molecular formula is C24H50O2S2. The lowest BCUT2D eigenvalue weighted by molar-refractivity contribution is 0.0605. The summed E-state index contributed by atoms with van der Waals surface area (Å²) < 4.78 is 11.3. The number of hydrogen-bond donors (Lipinski definition) is 0. The number of hydrogen-bond acceptors (Lipinski definition) is 4. The minimum atomic E-state index is 0.750. The van der Waals surface area contributed by atoms with E-state index in [-0.39, 0.29) is 0 Å². The van der Waals surface area contributed by atoms with Crippen LogP contribution in [0.2, 0.25) is 0 Å². The van der Waals surface area contributed by atoms with E-state index in [4.69, 9.17) is 9.47 Å². The van der Waals surface area contributed by atoms with Crippen molar-refractivity contribution in [1.82, 2.24) is 0 Å². The first-order valence-corrected chi connectivity index (χ1v) is 14.5. The molecule has 0 saturated carbocycles. The zero-order valence-corrected chi connectivity index (χ0v) is 20.8. The van der Waals surface area contributed by atoms with Crippen LogP contribution < -0.4 is 0 Å². The summed E-state index contributed by atoms with van der Waals surface area (Å²) in [5, 5.41) is 0. The molecule has 0 aromatic carbocycles. The molecule has 2 nitrogen and oxygen atoms in total. The number of unbranched alkanes of at least 4 members (excludes halogenated alkanes) is 12. The average Bonchev–Trinajstić information content (AvgIpc) is 2.71. The largest absolute Gasteiger partial charge is 0.378 e. The highest BCUT2D eigenvalue weighted by Gasteiger charge is 1.95. The van der Waals surface area contributed by atoms with E-state index < -0.39 is 0 Å². The van der Waals surface area contributed by atoms with Crippen molar-refractivity contribution in [2.45, 2.75) is 104 Å². The van der Waals surface area contributed by atoms with Gasteiger partial charge >= 0.3 is 0 Å². The van der Waals surface area contributed by atoms with Gasteiger partial charge in [-0.05, 0) is 24.3 Å². The van der Waals surface area contributed by atoms with E-state index in [0.29, 0.717) is 0 Å². The van der Waals surface area contributed by atoms with E-state index in [1.54, 1.807) is 0 Å². The Bertz CT molecular complexity index is 239. The normalized spacial score (nSPS) is 11.4. The summed E-state index contributed by atoms with van der Waals surface area (Å²) in [5.41, 5.74) is 0. The molecule has 0 aromatic heterocycles. The third-order valence-corrected chi connectivity index (χ3v) is 6.97. The first kappa shape index (κ1) is 28.6. The average molecular weight is 435 g/mol. The lowest BCUT2D eigenvalue weighted by Crippen LogP contribution is -2.08. The van der Waals surface area contributed by atoms with Crippen LogP contribution in [0.3, 0.4) is 0 Å². The van der Waals surface area contributed by atoms with Crippen molar-refractivity contribution in [2.24, 2.45) is 0 Å². The second kappa shape index (κ2) is 27.6.